The topological polar surface area (TPSA) is 119 Å². The number of hydrogen-bond acceptors (Lipinski definition) is 6. The monoisotopic (exact) mass is 254 g/mol. The summed E-state index contributed by atoms with van der Waals surface area (Å²) in [5.74, 6) is -1.30. The van der Waals surface area contributed by atoms with Crippen LogP contribution in [0.25, 0.3) is 0 Å². The first-order chi connectivity index (χ1) is 8.58. The van der Waals surface area contributed by atoms with Crippen LogP contribution in [0.3, 0.4) is 0 Å². The van der Waals surface area contributed by atoms with Gasteiger partial charge >= 0.3 is 11.8 Å². The van der Waals surface area contributed by atoms with Crippen LogP contribution in [0, 0.1) is 6.92 Å². The fourth-order valence-corrected chi connectivity index (χ4v) is 1.19. The molecule has 0 bridgehead atoms. The van der Waals surface area contributed by atoms with Crippen molar-refractivity contribution in [2.24, 2.45) is 5.73 Å². The van der Waals surface area contributed by atoms with Gasteiger partial charge in [0.1, 0.15) is 5.76 Å². The molecule has 0 aliphatic heterocycles. The van der Waals surface area contributed by atoms with Gasteiger partial charge in [0.15, 0.2) is 5.82 Å². The molecule has 3 N–H and O–H groups in total. The summed E-state index contributed by atoms with van der Waals surface area (Å²) in [6.45, 7) is 2.06. The van der Waals surface area contributed by atoms with Crippen molar-refractivity contribution in [3.05, 3.63) is 11.8 Å². The SMILES string of the molecule is Cc1cc(NC(=O)C(=O)N(C=O)CCCN)no1. The second kappa shape index (κ2) is 6.50. The molecule has 1 rings (SSSR count). The molecule has 0 saturated heterocycles. The molecule has 0 saturated carbocycles. The average Bonchev–Trinajstić information content (AvgIpc) is 2.75. The van der Waals surface area contributed by atoms with E-state index >= 15 is 0 Å². The zero-order valence-electron chi connectivity index (χ0n) is 9.88. The van der Waals surface area contributed by atoms with Gasteiger partial charge in [-0.05, 0) is 19.9 Å². The van der Waals surface area contributed by atoms with Crippen molar-refractivity contribution >= 4 is 24.0 Å². The van der Waals surface area contributed by atoms with Crippen LogP contribution in [-0.2, 0) is 14.4 Å². The van der Waals surface area contributed by atoms with Crippen LogP contribution < -0.4 is 11.1 Å². The van der Waals surface area contributed by atoms with Gasteiger partial charge in [-0.25, -0.2) is 0 Å². The number of carbonyl (C=O) groups excluding carboxylic acids is 3. The van der Waals surface area contributed by atoms with Crippen LogP contribution >= 0.6 is 0 Å². The summed E-state index contributed by atoms with van der Waals surface area (Å²) in [5.41, 5.74) is 5.26. The van der Waals surface area contributed by atoms with Crippen LogP contribution in [0.2, 0.25) is 0 Å². The normalized spacial score (nSPS) is 9.89. The maximum absolute atomic E-state index is 11.6. The first-order valence-corrected chi connectivity index (χ1v) is 5.29. The molecule has 0 unspecified atom stereocenters. The predicted molar refractivity (Wildman–Crippen MR) is 61.3 cm³/mol. The summed E-state index contributed by atoms with van der Waals surface area (Å²) in [4.78, 5) is 34.5. The summed E-state index contributed by atoms with van der Waals surface area (Å²) in [7, 11) is 0. The van der Waals surface area contributed by atoms with Crippen molar-refractivity contribution in [1.82, 2.24) is 10.1 Å². The lowest BCUT2D eigenvalue weighted by Crippen LogP contribution is -2.40. The number of nitrogens with one attached hydrogen (secondary N) is 1. The van der Waals surface area contributed by atoms with E-state index in [0.29, 0.717) is 25.1 Å². The second-order valence-corrected chi connectivity index (χ2v) is 3.52. The van der Waals surface area contributed by atoms with Crippen molar-refractivity contribution in [3.63, 3.8) is 0 Å². The number of aromatic nitrogens is 1. The Kier molecular flexibility index (Phi) is 5.00. The van der Waals surface area contributed by atoms with E-state index in [1.54, 1.807) is 6.92 Å². The molecule has 1 aromatic heterocycles. The highest BCUT2D eigenvalue weighted by atomic mass is 16.5. The molecule has 8 nitrogen and oxygen atoms in total. The lowest BCUT2D eigenvalue weighted by molar-refractivity contribution is -0.146. The third-order valence-corrected chi connectivity index (χ3v) is 2.06. The maximum atomic E-state index is 11.6. The minimum Gasteiger partial charge on any atom is -0.360 e. The molecular weight excluding hydrogens is 240 g/mol. The van der Waals surface area contributed by atoms with Gasteiger partial charge in [-0.15, -0.1) is 0 Å². The lowest BCUT2D eigenvalue weighted by Gasteiger charge is -2.13. The lowest BCUT2D eigenvalue weighted by atomic mass is 10.3. The fraction of sp³-hybridized carbons (Fsp3) is 0.400. The highest BCUT2D eigenvalue weighted by Crippen LogP contribution is 2.07. The first kappa shape index (κ1) is 13.8. The Labute approximate surface area is 103 Å². The number of amides is 3. The fourth-order valence-electron chi connectivity index (χ4n) is 1.19. The van der Waals surface area contributed by atoms with E-state index in [4.69, 9.17) is 10.3 Å². The molecule has 1 aromatic rings. The summed E-state index contributed by atoms with van der Waals surface area (Å²) in [5, 5.41) is 5.73. The zero-order valence-corrected chi connectivity index (χ0v) is 9.88. The predicted octanol–water partition coefficient (Wildman–Crippen LogP) is -0.745. The summed E-state index contributed by atoms with van der Waals surface area (Å²) in [6, 6.07) is 1.45. The van der Waals surface area contributed by atoms with Gasteiger partial charge in [-0.3, -0.25) is 24.6 Å². The quantitative estimate of drug-likeness (QED) is 0.527. The molecule has 0 aromatic carbocycles. The number of imide groups is 1. The number of rotatable bonds is 5. The summed E-state index contributed by atoms with van der Waals surface area (Å²) in [6.07, 6.45) is 0.729. The van der Waals surface area contributed by atoms with Crippen LogP contribution in [0.1, 0.15) is 12.2 Å². The molecular formula is C10H14N4O4. The molecule has 0 atom stereocenters. The number of hydrogen-bond donors (Lipinski definition) is 2. The summed E-state index contributed by atoms with van der Waals surface area (Å²) < 4.78 is 4.72. The van der Waals surface area contributed by atoms with E-state index < -0.39 is 11.8 Å². The average molecular weight is 254 g/mol. The van der Waals surface area contributed by atoms with Gasteiger partial charge in [-0.1, -0.05) is 5.16 Å². The van der Waals surface area contributed by atoms with E-state index in [9.17, 15) is 14.4 Å². The number of anilines is 1. The van der Waals surface area contributed by atoms with E-state index in [1.165, 1.54) is 6.07 Å². The second-order valence-electron chi connectivity index (χ2n) is 3.52. The number of nitrogens with two attached hydrogens (primary N) is 1. The van der Waals surface area contributed by atoms with Gasteiger partial charge < -0.3 is 10.3 Å². The molecule has 8 heteroatoms. The first-order valence-electron chi connectivity index (χ1n) is 5.29. The highest BCUT2D eigenvalue weighted by molar-refractivity contribution is 6.40. The summed E-state index contributed by atoms with van der Waals surface area (Å²) >= 11 is 0. The smallest absolute Gasteiger partial charge is 0.318 e. The third-order valence-electron chi connectivity index (χ3n) is 2.06. The van der Waals surface area contributed by atoms with Gasteiger partial charge in [0, 0.05) is 12.6 Å². The van der Waals surface area contributed by atoms with Gasteiger partial charge in [0.25, 0.3) is 0 Å². The Hall–Kier alpha value is -2.22. The number of nitrogens with zero attached hydrogens (tertiary/aromatic N) is 2. The Balaban J connectivity index is 2.59. The molecule has 0 fully saturated rings. The van der Waals surface area contributed by atoms with Crippen molar-refractivity contribution in [2.75, 3.05) is 18.4 Å². The molecule has 0 spiro atoms. The van der Waals surface area contributed by atoms with E-state index in [-0.39, 0.29) is 12.4 Å². The number of aryl methyl sites for hydroxylation is 1. The van der Waals surface area contributed by atoms with Crippen LogP contribution in [-0.4, -0.2) is 41.4 Å². The maximum Gasteiger partial charge on any atom is 0.318 e. The molecule has 1 heterocycles. The van der Waals surface area contributed by atoms with E-state index in [2.05, 4.69) is 10.5 Å². The molecule has 18 heavy (non-hydrogen) atoms. The van der Waals surface area contributed by atoms with Gasteiger partial charge in [0.05, 0.1) is 0 Å². The number of carbonyl (C=O) groups is 3. The van der Waals surface area contributed by atoms with Gasteiger partial charge in [-0.2, -0.15) is 0 Å². The highest BCUT2D eigenvalue weighted by Gasteiger charge is 2.21. The minimum absolute atomic E-state index is 0.101. The molecule has 3 amide bonds. The van der Waals surface area contributed by atoms with Crippen molar-refractivity contribution < 1.29 is 18.9 Å². The molecule has 0 aliphatic carbocycles. The standard InChI is InChI=1S/C10H14N4O4/c1-7-5-8(13-18-7)12-9(16)10(17)14(6-15)4-2-3-11/h5-6H,2-4,11H2,1H3,(H,12,13,16). The minimum atomic E-state index is -0.959. The van der Waals surface area contributed by atoms with Crippen molar-refractivity contribution in [1.29, 1.82) is 0 Å². The Bertz CT molecular complexity index is 443. The third kappa shape index (κ3) is 3.67. The largest absolute Gasteiger partial charge is 0.360 e. The van der Waals surface area contributed by atoms with Crippen molar-refractivity contribution in [2.45, 2.75) is 13.3 Å². The molecule has 0 radical (unpaired) electrons. The Morgan fingerprint density at radius 3 is 2.83 bits per heavy atom. The Morgan fingerprint density at radius 1 is 1.61 bits per heavy atom. The van der Waals surface area contributed by atoms with E-state index in [1.807, 2.05) is 0 Å². The molecule has 0 aliphatic rings. The Morgan fingerprint density at radius 2 is 2.33 bits per heavy atom. The van der Waals surface area contributed by atoms with Crippen molar-refractivity contribution in [3.8, 4) is 0 Å². The zero-order chi connectivity index (χ0) is 13.5. The molecule has 98 valence electrons. The van der Waals surface area contributed by atoms with Crippen LogP contribution in [0.4, 0.5) is 5.82 Å². The van der Waals surface area contributed by atoms with Crippen LogP contribution in [0.15, 0.2) is 10.6 Å². The van der Waals surface area contributed by atoms with Gasteiger partial charge in [0.2, 0.25) is 6.41 Å². The van der Waals surface area contributed by atoms with Crippen LogP contribution in [0.5, 0.6) is 0 Å². The van der Waals surface area contributed by atoms with E-state index in [0.717, 1.165) is 4.90 Å².